The lowest BCUT2D eigenvalue weighted by Crippen LogP contribution is -2.35. The third-order valence-corrected chi connectivity index (χ3v) is 3.86. The van der Waals surface area contributed by atoms with E-state index in [4.69, 9.17) is 11.6 Å². The molecular formula is C13H22N4O2S. The molecule has 1 aromatic heterocycles. The van der Waals surface area contributed by atoms with Crippen molar-refractivity contribution in [3.63, 3.8) is 0 Å². The van der Waals surface area contributed by atoms with Gasteiger partial charge in [-0.25, -0.2) is 5.84 Å². The van der Waals surface area contributed by atoms with E-state index < -0.39 is 0 Å². The van der Waals surface area contributed by atoms with Crippen LogP contribution in [0.15, 0.2) is 6.07 Å². The van der Waals surface area contributed by atoms with Gasteiger partial charge in [-0.2, -0.15) is 0 Å². The molecule has 0 atom stereocenters. The number of thiophene rings is 1. The van der Waals surface area contributed by atoms with Gasteiger partial charge in [0.1, 0.15) is 0 Å². The van der Waals surface area contributed by atoms with Crippen LogP contribution in [0.2, 0.25) is 0 Å². The number of carbonyl (C=O) groups is 2. The van der Waals surface area contributed by atoms with Gasteiger partial charge >= 0.3 is 0 Å². The van der Waals surface area contributed by atoms with E-state index in [0.29, 0.717) is 17.3 Å². The van der Waals surface area contributed by atoms with Gasteiger partial charge < -0.3 is 5.73 Å². The van der Waals surface area contributed by atoms with Gasteiger partial charge in [-0.1, -0.05) is 13.8 Å². The van der Waals surface area contributed by atoms with E-state index in [-0.39, 0.29) is 18.4 Å². The molecule has 112 valence electrons. The Balaban J connectivity index is 2.84. The molecule has 0 fully saturated rings. The lowest BCUT2D eigenvalue weighted by Gasteiger charge is -2.22. The number of amides is 2. The standard InChI is InChI=1S/C13H22N4O2S/c1-8(2)5-17(7-12(14)18)6-10-4-11(13(19)16-15)20-9(10)3/h4,8H,5-7,15H2,1-3H3,(H2,14,18)(H,16,19). The molecule has 0 bridgehead atoms. The Labute approximate surface area is 123 Å². The van der Waals surface area contributed by atoms with Crippen molar-refractivity contribution in [3.05, 3.63) is 21.4 Å². The fourth-order valence-electron chi connectivity index (χ4n) is 2.02. The quantitative estimate of drug-likeness (QED) is 0.390. The average Bonchev–Trinajstić information content (AvgIpc) is 2.68. The van der Waals surface area contributed by atoms with Crippen molar-refractivity contribution < 1.29 is 9.59 Å². The second kappa shape index (κ2) is 7.37. The number of nitrogens with zero attached hydrogens (tertiary/aromatic N) is 1. The predicted octanol–water partition coefficient (Wildman–Crippen LogP) is 0.603. The number of hydrogen-bond acceptors (Lipinski definition) is 5. The number of primary amides is 1. The minimum atomic E-state index is -0.349. The average molecular weight is 298 g/mol. The zero-order valence-electron chi connectivity index (χ0n) is 12.1. The fraction of sp³-hybridized carbons (Fsp3) is 0.538. The summed E-state index contributed by atoms with van der Waals surface area (Å²) in [4.78, 5) is 26.2. The highest BCUT2D eigenvalue weighted by Gasteiger charge is 2.16. The van der Waals surface area contributed by atoms with E-state index >= 15 is 0 Å². The maximum atomic E-state index is 11.5. The fourth-order valence-corrected chi connectivity index (χ4v) is 2.96. The Bertz CT molecular complexity index is 485. The van der Waals surface area contributed by atoms with Gasteiger partial charge in [0.15, 0.2) is 0 Å². The molecule has 0 spiro atoms. The molecule has 0 unspecified atom stereocenters. The molecule has 0 radical (unpaired) electrons. The summed E-state index contributed by atoms with van der Waals surface area (Å²) >= 11 is 1.39. The SMILES string of the molecule is Cc1sc(C(=O)NN)cc1CN(CC(N)=O)CC(C)C. The van der Waals surface area contributed by atoms with Crippen LogP contribution in [0, 0.1) is 12.8 Å². The smallest absolute Gasteiger partial charge is 0.275 e. The summed E-state index contributed by atoms with van der Waals surface area (Å²) in [5, 5.41) is 0. The van der Waals surface area contributed by atoms with E-state index in [1.54, 1.807) is 0 Å². The van der Waals surface area contributed by atoms with Gasteiger partial charge in [0.2, 0.25) is 5.91 Å². The lowest BCUT2D eigenvalue weighted by atomic mass is 10.1. The number of carbonyl (C=O) groups excluding carboxylic acids is 2. The highest BCUT2D eigenvalue weighted by molar-refractivity contribution is 7.14. The molecule has 20 heavy (non-hydrogen) atoms. The molecule has 5 N–H and O–H groups in total. The molecule has 2 amide bonds. The molecule has 1 rings (SSSR count). The maximum Gasteiger partial charge on any atom is 0.275 e. The molecule has 0 aliphatic carbocycles. The Morgan fingerprint density at radius 2 is 2.10 bits per heavy atom. The van der Waals surface area contributed by atoms with Gasteiger partial charge in [-0.15, -0.1) is 11.3 Å². The largest absolute Gasteiger partial charge is 0.369 e. The highest BCUT2D eigenvalue weighted by Crippen LogP contribution is 2.23. The van der Waals surface area contributed by atoms with Crippen molar-refractivity contribution >= 4 is 23.2 Å². The van der Waals surface area contributed by atoms with Crippen molar-refractivity contribution in [2.45, 2.75) is 27.3 Å². The van der Waals surface area contributed by atoms with Crippen molar-refractivity contribution in [1.29, 1.82) is 0 Å². The van der Waals surface area contributed by atoms with Gasteiger partial charge in [-0.3, -0.25) is 19.9 Å². The predicted molar refractivity (Wildman–Crippen MR) is 80.0 cm³/mol. The van der Waals surface area contributed by atoms with Crippen LogP contribution < -0.4 is 17.0 Å². The minimum absolute atomic E-state index is 0.214. The molecule has 1 aromatic rings. The number of aryl methyl sites for hydroxylation is 1. The molecule has 1 heterocycles. The number of hydrazine groups is 1. The van der Waals surface area contributed by atoms with Crippen LogP contribution in [0.3, 0.4) is 0 Å². The second-order valence-corrected chi connectivity index (χ2v) is 6.45. The normalized spacial score (nSPS) is 11.1. The summed E-state index contributed by atoms with van der Waals surface area (Å²) in [6.07, 6.45) is 0. The number of nitrogens with two attached hydrogens (primary N) is 2. The Kier molecular flexibility index (Phi) is 6.12. The molecule has 0 saturated heterocycles. The summed E-state index contributed by atoms with van der Waals surface area (Å²) in [6.45, 7) is 7.71. The molecule has 7 heteroatoms. The van der Waals surface area contributed by atoms with E-state index in [9.17, 15) is 9.59 Å². The van der Waals surface area contributed by atoms with E-state index in [2.05, 4.69) is 19.3 Å². The Morgan fingerprint density at radius 3 is 2.60 bits per heavy atom. The van der Waals surface area contributed by atoms with Crippen LogP contribution in [0.4, 0.5) is 0 Å². The molecule has 0 saturated carbocycles. The van der Waals surface area contributed by atoms with Crippen molar-refractivity contribution in [3.8, 4) is 0 Å². The first-order valence-electron chi connectivity index (χ1n) is 6.44. The van der Waals surface area contributed by atoms with Crippen LogP contribution >= 0.6 is 11.3 Å². The third-order valence-electron chi connectivity index (χ3n) is 2.77. The number of nitrogen functional groups attached to an aromatic ring is 1. The minimum Gasteiger partial charge on any atom is -0.369 e. The van der Waals surface area contributed by atoms with Crippen LogP contribution in [-0.4, -0.2) is 29.8 Å². The van der Waals surface area contributed by atoms with Gasteiger partial charge in [0.25, 0.3) is 5.91 Å². The van der Waals surface area contributed by atoms with Crippen LogP contribution in [0.25, 0.3) is 0 Å². The first kappa shape index (κ1) is 16.6. The Hall–Kier alpha value is -1.44. The first-order valence-corrected chi connectivity index (χ1v) is 7.26. The number of nitrogens with one attached hydrogen (secondary N) is 1. The van der Waals surface area contributed by atoms with Crippen molar-refractivity contribution in [1.82, 2.24) is 10.3 Å². The zero-order valence-corrected chi connectivity index (χ0v) is 12.9. The summed E-state index contributed by atoms with van der Waals surface area (Å²) in [5.74, 6) is 4.92. The summed E-state index contributed by atoms with van der Waals surface area (Å²) < 4.78 is 0. The number of rotatable bonds is 7. The molecular weight excluding hydrogens is 276 g/mol. The van der Waals surface area contributed by atoms with E-state index in [1.807, 2.05) is 17.9 Å². The van der Waals surface area contributed by atoms with Crippen molar-refractivity contribution in [2.75, 3.05) is 13.1 Å². The molecule has 0 aliphatic rings. The van der Waals surface area contributed by atoms with Crippen LogP contribution in [0.5, 0.6) is 0 Å². The maximum absolute atomic E-state index is 11.5. The van der Waals surface area contributed by atoms with Gasteiger partial charge in [0, 0.05) is 18.0 Å². The van der Waals surface area contributed by atoms with E-state index in [0.717, 1.165) is 17.0 Å². The molecule has 0 aromatic carbocycles. The first-order chi connectivity index (χ1) is 9.33. The highest BCUT2D eigenvalue weighted by atomic mass is 32.1. The monoisotopic (exact) mass is 298 g/mol. The molecule has 6 nitrogen and oxygen atoms in total. The summed E-state index contributed by atoms with van der Waals surface area (Å²) in [5.41, 5.74) is 8.42. The second-order valence-electron chi connectivity index (χ2n) is 5.20. The van der Waals surface area contributed by atoms with Gasteiger partial charge in [0.05, 0.1) is 11.4 Å². The topological polar surface area (TPSA) is 101 Å². The lowest BCUT2D eigenvalue weighted by molar-refractivity contribution is -0.119. The number of hydrogen-bond donors (Lipinski definition) is 3. The van der Waals surface area contributed by atoms with Crippen molar-refractivity contribution in [2.24, 2.45) is 17.5 Å². The molecule has 0 aliphatic heterocycles. The van der Waals surface area contributed by atoms with Crippen LogP contribution in [0.1, 0.15) is 34.0 Å². The third kappa shape index (κ3) is 4.92. The Morgan fingerprint density at radius 1 is 1.45 bits per heavy atom. The zero-order chi connectivity index (χ0) is 15.3. The van der Waals surface area contributed by atoms with E-state index in [1.165, 1.54) is 11.3 Å². The summed E-state index contributed by atoms with van der Waals surface area (Å²) in [7, 11) is 0. The summed E-state index contributed by atoms with van der Waals surface area (Å²) in [6, 6.07) is 1.82. The van der Waals surface area contributed by atoms with Gasteiger partial charge in [-0.05, 0) is 24.5 Å². The van der Waals surface area contributed by atoms with Crippen LogP contribution in [-0.2, 0) is 11.3 Å².